The fraction of sp³-hybridized carbons (Fsp3) is 0.105. The van der Waals surface area contributed by atoms with Crippen LogP contribution in [0.2, 0.25) is 5.02 Å². The Hall–Kier alpha value is -1.89. The molecular formula is C19H15BrClNO3S. The number of nitrogens with one attached hydrogen (secondary N) is 1. The Balaban J connectivity index is 1.58. The van der Waals surface area contributed by atoms with E-state index in [0.717, 1.165) is 10.0 Å². The van der Waals surface area contributed by atoms with E-state index in [-0.39, 0.29) is 17.4 Å². The SMILES string of the molecule is O=C(NCc1ccc(Cl)cc1)c1ccc(CS(=O)c2ccc(Br)cc2)o1. The number of furan rings is 1. The average molecular weight is 453 g/mol. The number of carbonyl (C=O) groups is 1. The van der Waals surface area contributed by atoms with Crippen LogP contribution in [-0.2, 0) is 23.1 Å². The van der Waals surface area contributed by atoms with Gasteiger partial charge < -0.3 is 9.73 Å². The highest BCUT2D eigenvalue weighted by atomic mass is 79.9. The number of halogens is 2. The van der Waals surface area contributed by atoms with Crippen LogP contribution < -0.4 is 5.32 Å². The van der Waals surface area contributed by atoms with Gasteiger partial charge in [-0.3, -0.25) is 9.00 Å². The molecule has 0 aliphatic heterocycles. The normalized spacial score (nSPS) is 11.9. The standard InChI is InChI=1S/C19H15BrClNO3S/c20-14-3-8-17(9-4-14)26(24)12-16-7-10-18(25-16)19(23)22-11-13-1-5-15(21)6-2-13/h1-10H,11-12H2,(H,22,23). The van der Waals surface area contributed by atoms with Gasteiger partial charge in [0.2, 0.25) is 0 Å². The maximum Gasteiger partial charge on any atom is 0.287 e. The topological polar surface area (TPSA) is 59.3 Å². The fourth-order valence-corrected chi connectivity index (χ4v) is 3.66. The summed E-state index contributed by atoms with van der Waals surface area (Å²) in [6.45, 7) is 0.372. The van der Waals surface area contributed by atoms with Crippen LogP contribution in [0.5, 0.6) is 0 Å². The summed E-state index contributed by atoms with van der Waals surface area (Å²) in [4.78, 5) is 12.9. The first-order valence-electron chi connectivity index (χ1n) is 7.76. The molecule has 0 fully saturated rings. The van der Waals surface area contributed by atoms with Crippen LogP contribution in [0.4, 0.5) is 0 Å². The van der Waals surface area contributed by atoms with Crippen molar-refractivity contribution < 1.29 is 13.4 Å². The third-order valence-corrected chi connectivity index (χ3v) is 5.73. The molecule has 1 atom stereocenters. The van der Waals surface area contributed by atoms with Crippen LogP contribution in [0.1, 0.15) is 21.9 Å². The van der Waals surface area contributed by atoms with Gasteiger partial charge in [-0.15, -0.1) is 0 Å². The van der Waals surface area contributed by atoms with Gasteiger partial charge in [0.05, 0.1) is 16.6 Å². The Morgan fingerprint density at radius 2 is 1.73 bits per heavy atom. The highest BCUT2D eigenvalue weighted by molar-refractivity contribution is 9.10. The Labute approximate surface area is 167 Å². The van der Waals surface area contributed by atoms with E-state index in [2.05, 4.69) is 21.2 Å². The van der Waals surface area contributed by atoms with Crippen LogP contribution >= 0.6 is 27.5 Å². The van der Waals surface area contributed by atoms with Gasteiger partial charge in [-0.2, -0.15) is 0 Å². The number of rotatable bonds is 6. The lowest BCUT2D eigenvalue weighted by atomic mass is 10.2. The fourth-order valence-electron chi connectivity index (χ4n) is 2.25. The minimum Gasteiger partial charge on any atom is -0.455 e. The zero-order valence-corrected chi connectivity index (χ0v) is 16.7. The van der Waals surface area contributed by atoms with Crippen LogP contribution in [0.25, 0.3) is 0 Å². The third-order valence-electron chi connectivity index (χ3n) is 3.60. The van der Waals surface area contributed by atoms with Crippen molar-refractivity contribution >= 4 is 44.2 Å². The maximum atomic E-state index is 12.4. The van der Waals surface area contributed by atoms with Crippen LogP contribution in [-0.4, -0.2) is 10.1 Å². The lowest BCUT2D eigenvalue weighted by molar-refractivity contribution is 0.0921. The van der Waals surface area contributed by atoms with Gasteiger partial charge in [0, 0.05) is 20.9 Å². The second-order valence-corrected chi connectivity index (χ2v) is 8.32. The molecule has 1 aromatic heterocycles. The molecule has 0 aliphatic rings. The summed E-state index contributed by atoms with van der Waals surface area (Å²) in [5, 5.41) is 3.43. The quantitative estimate of drug-likeness (QED) is 0.577. The molecule has 7 heteroatoms. The molecule has 26 heavy (non-hydrogen) atoms. The molecule has 0 aliphatic carbocycles. The minimum atomic E-state index is -1.24. The van der Waals surface area contributed by atoms with Gasteiger partial charge in [-0.25, -0.2) is 0 Å². The molecule has 1 heterocycles. The third kappa shape index (κ3) is 5.06. The summed E-state index contributed by atoms with van der Waals surface area (Å²) >= 11 is 9.18. The second-order valence-electron chi connectivity index (χ2n) is 5.52. The number of hydrogen-bond acceptors (Lipinski definition) is 3. The van der Waals surface area contributed by atoms with Crippen molar-refractivity contribution in [3.63, 3.8) is 0 Å². The Morgan fingerprint density at radius 3 is 2.42 bits per heavy atom. The molecule has 3 aromatic rings. The molecular weight excluding hydrogens is 438 g/mol. The minimum absolute atomic E-state index is 0.196. The predicted molar refractivity (Wildman–Crippen MR) is 106 cm³/mol. The van der Waals surface area contributed by atoms with Gasteiger partial charge in [-0.1, -0.05) is 39.7 Å². The summed E-state index contributed by atoms with van der Waals surface area (Å²) in [7, 11) is -1.24. The number of hydrogen-bond donors (Lipinski definition) is 1. The maximum absolute atomic E-state index is 12.4. The predicted octanol–water partition coefficient (Wildman–Crippen LogP) is 4.93. The summed E-state index contributed by atoms with van der Waals surface area (Å²) in [5.41, 5.74) is 0.936. The summed E-state index contributed by atoms with van der Waals surface area (Å²) < 4.78 is 18.8. The largest absolute Gasteiger partial charge is 0.455 e. The molecule has 0 radical (unpaired) electrons. The average Bonchev–Trinajstić information content (AvgIpc) is 3.10. The molecule has 2 aromatic carbocycles. The van der Waals surface area contributed by atoms with E-state index < -0.39 is 10.8 Å². The Morgan fingerprint density at radius 1 is 1.04 bits per heavy atom. The zero-order chi connectivity index (χ0) is 18.5. The molecule has 0 bridgehead atoms. The van der Waals surface area contributed by atoms with Crippen molar-refractivity contribution in [1.29, 1.82) is 0 Å². The van der Waals surface area contributed by atoms with Gasteiger partial charge in [0.15, 0.2) is 5.76 Å². The molecule has 3 rings (SSSR count). The molecule has 134 valence electrons. The van der Waals surface area contributed by atoms with Crippen molar-refractivity contribution in [2.45, 2.75) is 17.2 Å². The molecule has 0 saturated heterocycles. The van der Waals surface area contributed by atoms with Crippen LogP contribution in [0.3, 0.4) is 0 Å². The first-order valence-corrected chi connectivity index (χ1v) is 10.3. The van der Waals surface area contributed by atoms with E-state index in [1.165, 1.54) is 0 Å². The van der Waals surface area contributed by atoms with E-state index >= 15 is 0 Å². The summed E-state index contributed by atoms with van der Waals surface area (Å²) in [6, 6.07) is 17.8. The highest BCUT2D eigenvalue weighted by Gasteiger charge is 2.13. The zero-order valence-electron chi connectivity index (χ0n) is 13.6. The van der Waals surface area contributed by atoms with E-state index in [0.29, 0.717) is 22.2 Å². The van der Waals surface area contributed by atoms with E-state index in [4.69, 9.17) is 16.0 Å². The van der Waals surface area contributed by atoms with Crippen molar-refractivity contribution in [2.24, 2.45) is 0 Å². The van der Waals surface area contributed by atoms with E-state index in [1.807, 2.05) is 24.3 Å². The molecule has 1 amide bonds. The van der Waals surface area contributed by atoms with Gasteiger partial charge in [-0.05, 0) is 54.1 Å². The first-order chi connectivity index (χ1) is 12.5. The monoisotopic (exact) mass is 451 g/mol. The van der Waals surface area contributed by atoms with E-state index in [9.17, 15) is 9.00 Å². The van der Waals surface area contributed by atoms with Gasteiger partial charge >= 0.3 is 0 Å². The molecule has 0 spiro atoms. The first kappa shape index (κ1) is 18.9. The Bertz CT molecular complexity index is 923. The number of benzene rings is 2. The van der Waals surface area contributed by atoms with E-state index in [1.54, 1.807) is 36.4 Å². The summed E-state index contributed by atoms with van der Waals surface area (Å²) in [5.74, 6) is 0.594. The Kier molecular flexibility index (Phi) is 6.29. The highest BCUT2D eigenvalue weighted by Crippen LogP contribution is 2.18. The van der Waals surface area contributed by atoms with Crippen LogP contribution in [0.15, 0.2) is 74.4 Å². The van der Waals surface area contributed by atoms with Gasteiger partial charge in [0.25, 0.3) is 5.91 Å². The number of carbonyl (C=O) groups excluding carboxylic acids is 1. The van der Waals surface area contributed by atoms with Crippen LogP contribution in [0, 0.1) is 0 Å². The van der Waals surface area contributed by atoms with Gasteiger partial charge in [0.1, 0.15) is 5.76 Å². The summed E-state index contributed by atoms with van der Waals surface area (Å²) in [6.07, 6.45) is 0. The number of amides is 1. The lowest BCUT2D eigenvalue weighted by Crippen LogP contribution is -2.22. The molecule has 4 nitrogen and oxygen atoms in total. The molecule has 0 saturated carbocycles. The van der Waals surface area contributed by atoms with Crippen molar-refractivity contribution in [3.8, 4) is 0 Å². The lowest BCUT2D eigenvalue weighted by Gasteiger charge is -2.04. The van der Waals surface area contributed by atoms with Crippen molar-refractivity contribution in [3.05, 3.63) is 87.2 Å². The second kappa shape index (κ2) is 8.66. The van der Waals surface area contributed by atoms with Crippen molar-refractivity contribution in [1.82, 2.24) is 5.32 Å². The van der Waals surface area contributed by atoms with Crippen molar-refractivity contribution in [2.75, 3.05) is 0 Å². The molecule has 1 unspecified atom stereocenters. The molecule has 1 N–H and O–H groups in total. The smallest absolute Gasteiger partial charge is 0.287 e.